The van der Waals surface area contributed by atoms with Gasteiger partial charge in [-0.2, -0.15) is 5.26 Å². The van der Waals surface area contributed by atoms with Crippen molar-refractivity contribution < 1.29 is 0 Å². The minimum absolute atomic E-state index is 0.157. The summed E-state index contributed by atoms with van der Waals surface area (Å²) in [7, 11) is 0. The highest BCUT2D eigenvalue weighted by Gasteiger charge is 2.23. The van der Waals surface area contributed by atoms with Gasteiger partial charge in [-0.15, -0.1) is 0 Å². The van der Waals surface area contributed by atoms with Gasteiger partial charge in [0.05, 0.1) is 28.9 Å². The highest BCUT2D eigenvalue weighted by Crippen LogP contribution is 2.30. The topological polar surface area (TPSA) is 67.4 Å². The second-order valence-corrected chi connectivity index (χ2v) is 5.85. The Morgan fingerprint density at radius 1 is 1.19 bits per heavy atom. The molecule has 3 aromatic rings. The molecule has 0 atom stereocenters. The predicted octanol–water partition coefficient (Wildman–Crippen LogP) is 3.12. The van der Waals surface area contributed by atoms with Crippen LogP contribution < -0.4 is 0 Å². The second-order valence-electron chi connectivity index (χ2n) is 5.85. The highest BCUT2D eigenvalue weighted by atomic mass is 15.1. The second kappa shape index (κ2) is 4.67. The Balaban J connectivity index is 2.36. The molecular weight excluding hydrogens is 262 g/mol. The molecule has 3 rings (SSSR count). The van der Waals surface area contributed by atoms with Gasteiger partial charge in [0.25, 0.3) is 0 Å². The van der Waals surface area contributed by atoms with Crippen molar-refractivity contribution >= 4 is 11.0 Å². The van der Waals surface area contributed by atoms with Crippen molar-refractivity contribution in [3.63, 3.8) is 0 Å². The van der Waals surface area contributed by atoms with E-state index >= 15 is 0 Å². The number of imidazole rings is 1. The summed E-state index contributed by atoms with van der Waals surface area (Å²) < 4.78 is 2.13. The van der Waals surface area contributed by atoms with Crippen LogP contribution in [0.3, 0.4) is 0 Å². The maximum Gasteiger partial charge on any atom is 0.161 e. The van der Waals surface area contributed by atoms with Crippen molar-refractivity contribution in [2.24, 2.45) is 0 Å². The minimum atomic E-state index is -0.157. The zero-order valence-corrected chi connectivity index (χ0v) is 12.2. The van der Waals surface area contributed by atoms with Crippen LogP contribution in [0.2, 0.25) is 0 Å². The maximum absolute atomic E-state index is 9.04. The molecule has 0 fully saturated rings. The normalized spacial score (nSPS) is 11.5. The molecule has 21 heavy (non-hydrogen) atoms. The van der Waals surface area contributed by atoms with Gasteiger partial charge in [0, 0.05) is 17.9 Å². The van der Waals surface area contributed by atoms with E-state index in [2.05, 4.69) is 46.4 Å². The van der Waals surface area contributed by atoms with Crippen LogP contribution in [0, 0.1) is 11.3 Å². The number of hydrogen-bond acceptors (Lipinski definition) is 4. The van der Waals surface area contributed by atoms with Crippen molar-refractivity contribution in [3.8, 4) is 17.6 Å². The monoisotopic (exact) mass is 277 g/mol. The molecule has 0 aliphatic heterocycles. The molecule has 5 nitrogen and oxygen atoms in total. The van der Waals surface area contributed by atoms with Crippen LogP contribution in [0.5, 0.6) is 0 Å². The number of nitrogens with zero attached hydrogens (tertiary/aromatic N) is 5. The molecule has 0 spiro atoms. The summed E-state index contributed by atoms with van der Waals surface area (Å²) in [6, 6.07) is 7.70. The lowest BCUT2D eigenvalue weighted by Crippen LogP contribution is -2.22. The molecule has 0 saturated heterocycles. The van der Waals surface area contributed by atoms with E-state index in [9.17, 15) is 0 Å². The summed E-state index contributed by atoms with van der Waals surface area (Å²) >= 11 is 0. The van der Waals surface area contributed by atoms with Gasteiger partial charge in [-0.25, -0.2) is 9.97 Å². The molecule has 0 bridgehead atoms. The average molecular weight is 277 g/mol. The van der Waals surface area contributed by atoms with Gasteiger partial charge in [-0.1, -0.05) is 0 Å². The molecule has 0 aliphatic carbocycles. The van der Waals surface area contributed by atoms with E-state index in [4.69, 9.17) is 5.26 Å². The number of benzene rings is 1. The summed E-state index contributed by atoms with van der Waals surface area (Å²) in [6.45, 7) is 6.35. The molecule has 0 N–H and O–H groups in total. The maximum atomic E-state index is 9.04. The molecule has 0 saturated carbocycles. The van der Waals surface area contributed by atoms with Crippen LogP contribution in [0.25, 0.3) is 22.6 Å². The third kappa shape index (κ3) is 2.25. The number of hydrogen-bond donors (Lipinski definition) is 0. The van der Waals surface area contributed by atoms with Gasteiger partial charge >= 0.3 is 0 Å². The van der Waals surface area contributed by atoms with Crippen LogP contribution in [0.15, 0.2) is 36.8 Å². The summed E-state index contributed by atoms with van der Waals surface area (Å²) in [5.74, 6) is 0.765. The van der Waals surface area contributed by atoms with Gasteiger partial charge in [0.15, 0.2) is 5.82 Å². The Hall–Kier alpha value is -2.74. The van der Waals surface area contributed by atoms with E-state index in [1.165, 1.54) is 0 Å². The van der Waals surface area contributed by atoms with Crippen LogP contribution >= 0.6 is 0 Å². The fourth-order valence-electron chi connectivity index (χ4n) is 2.42. The molecule has 0 radical (unpaired) electrons. The lowest BCUT2D eigenvalue weighted by atomic mass is 10.1. The Morgan fingerprint density at radius 2 is 2.00 bits per heavy atom. The number of nitriles is 1. The Labute approximate surface area is 122 Å². The standard InChI is InChI=1S/C16H15N5/c1-16(2,3)21-14-5-4-11(9-17)8-12(14)20-15(21)13-10-18-6-7-19-13/h4-8,10H,1-3H3. The van der Waals surface area contributed by atoms with Gasteiger partial charge in [-0.05, 0) is 39.0 Å². The third-order valence-electron chi connectivity index (χ3n) is 3.25. The quantitative estimate of drug-likeness (QED) is 0.685. The van der Waals surface area contributed by atoms with Gasteiger partial charge in [0.1, 0.15) is 5.69 Å². The van der Waals surface area contributed by atoms with Crippen LogP contribution in [-0.4, -0.2) is 19.5 Å². The SMILES string of the molecule is CC(C)(C)n1c(-c2cnccn2)nc2cc(C#N)ccc21. The Morgan fingerprint density at radius 3 is 2.62 bits per heavy atom. The number of rotatable bonds is 1. The first-order valence-electron chi connectivity index (χ1n) is 6.70. The number of aromatic nitrogens is 4. The first kappa shape index (κ1) is 13.3. The molecule has 104 valence electrons. The molecule has 0 aliphatic rings. The zero-order chi connectivity index (χ0) is 15.0. The summed E-state index contributed by atoms with van der Waals surface area (Å²) in [4.78, 5) is 13.1. The van der Waals surface area contributed by atoms with E-state index in [0.29, 0.717) is 5.56 Å². The number of fused-ring (bicyclic) bond motifs is 1. The molecule has 2 heterocycles. The average Bonchev–Trinajstić information content (AvgIpc) is 2.86. The summed E-state index contributed by atoms with van der Waals surface area (Å²) in [5.41, 5.74) is 2.95. The van der Waals surface area contributed by atoms with Crippen LogP contribution in [0.4, 0.5) is 0 Å². The summed E-state index contributed by atoms with van der Waals surface area (Å²) in [6.07, 6.45) is 5.00. The summed E-state index contributed by atoms with van der Waals surface area (Å²) in [5, 5.41) is 9.04. The van der Waals surface area contributed by atoms with Gasteiger partial charge < -0.3 is 4.57 Å². The largest absolute Gasteiger partial charge is 0.317 e. The van der Waals surface area contributed by atoms with Gasteiger partial charge in [0.2, 0.25) is 0 Å². The fourth-order valence-corrected chi connectivity index (χ4v) is 2.42. The van der Waals surface area contributed by atoms with Crippen molar-refractivity contribution in [1.82, 2.24) is 19.5 Å². The predicted molar refractivity (Wildman–Crippen MR) is 80.5 cm³/mol. The molecule has 2 aromatic heterocycles. The molecular formula is C16H15N5. The van der Waals surface area contributed by atoms with E-state index in [-0.39, 0.29) is 5.54 Å². The van der Waals surface area contributed by atoms with E-state index in [0.717, 1.165) is 22.6 Å². The third-order valence-corrected chi connectivity index (χ3v) is 3.25. The molecule has 0 unspecified atom stereocenters. The Kier molecular flexibility index (Phi) is 2.95. The first-order chi connectivity index (χ1) is 10.0. The highest BCUT2D eigenvalue weighted by molar-refractivity contribution is 5.81. The van der Waals surface area contributed by atoms with Crippen LogP contribution in [0.1, 0.15) is 26.3 Å². The van der Waals surface area contributed by atoms with Crippen molar-refractivity contribution in [3.05, 3.63) is 42.4 Å². The minimum Gasteiger partial charge on any atom is -0.317 e. The van der Waals surface area contributed by atoms with Crippen molar-refractivity contribution in [2.75, 3.05) is 0 Å². The zero-order valence-electron chi connectivity index (χ0n) is 12.2. The van der Waals surface area contributed by atoms with E-state index < -0.39 is 0 Å². The first-order valence-corrected chi connectivity index (χ1v) is 6.70. The Bertz CT molecular complexity index is 835. The molecule has 1 aromatic carbocycles. The smallest absolute Gasteiger partial charge is 0.161 e. The van der Waals surface area contributed by atoms with Crippen molar-refractivity contribution in [1.29, 1.82) is 5.26 Å². The van der Waals surface area contributed by atoms with E-state index in [1.54, 1.807) is 24.7 Å². The van der Waals surface area contributed by atoms with Crippen molar-refractivity contribution in [2.45, 2.75) is 26.3 Å². The molecule has 5 heteroatoms. The van der Waals surface area contributed by atoms with Crippen LogP contribution in [-0.2, 0) is 5.54 Å². The molecule has 0 amide bonds. The van der Waals surface area contributed by atoms with Gasteiger partial charge in [-0.3, -0.25) is 4.98 Å². The lowest BCUT2D eigenvalue weighted by Gasteiger charge is -2.24. The fraction of sp³-hybridized carbons (Fsp3) is 0.250. The lowest BCUT2D eigenvalue weighted by molar-refractivity contribution is 0.412. The van der Waals surface area contributed by atoms with E-state index in [1.807, 2.05) is 12.1 Å².